The summed E-state index contributed by atoms with van der Waals surface area (Å²) >= 11 is 2.09. The summed E-state index contributed by atoms with van der Waals surface area (Å²) in [4.78, 5) is 0. The molecule has 0 spiro atoms. The van der Waals surface area contributed by atoms with E-state index in [2.05, 4.69) is 50.1 Å². The molecule has 2 fully saturated rings. The molecule has 1 atom stereocenters. The highest BCUT2D eigenvalue weighted by atomic mass is 32.2. The fourth-order valence-electron chi connectivity index (χ4n) is 3.17. The van der Waals surface area contributed by atoms with Gasteiger partial charge in [-0.05, 0) is 36.3 Å². The standard InChI is InChI=1S/C14H28N2S/c1-13(2)12(14(13,3)4)9-15-6-5-11-10-17-8-7-16-11/h11-12,15-16H,5-10H2,1-4H3. The van der Waals surface area contributed by atoms with Crippen molar-refractivity contribution < 1.29 is 0 Å². The molecule has 0 radical (unpaired) electrons. The predicted molar refractivity (Wildman–Crippen MR) is 77.7 cm³/mol. The van der Waals surface area contributed by atoms with Crippen LogP contribution in [0.3, 0.4) is 0 Å². The summed E-state index contributed by atoms with van der Waals surface area (Å²) < 4.78 is 0. The Hall–Kier alpha value is 0.270. The monoisotopic (exact) mass is 256 g/mol. The third-order valence-electron chi connectivity index (χ3n) is 5.34. The van der Waals surface area contributed by atoms with Crippen molar-refractivity contribution in [2.24, 2.45) is 16.7 Å². The summed E-state index contributed by atoms with van der Waals surface area (Å²) in [6.07, 6.45) is 1.28. The van der Waals surface area contributed by atoms with E-state index in [0.29, 0.717) is 10.8 Å². The van der Waals surface area contributed by atoms with E-state index in [-0.39, 0.29) is 0 Å². The Bertz CT molecular complexity index is 243. The second kappa shape index (κ2) is 5.10. The molecule has 2 nitrogen and oxygen atoms in total. The highest BCUT2D eigenvalue weighted by Crippen LogP contribution is 2.67. The van der Waals surface area contributed by atoms with E-state index in [4.69, 9.17) is 0 Å². The molecule has 0 aromatic carbocycles. The number of rotatable bonds is 5. The molecule has 100 valence electrons. The first-order valence-electron chi connectivity index (χ1n) is 6.98. The third-order valence-corrected chi connectivity index (χ3v) is 6.47. The molecule has 0 aromatic heterocycles. The maximum Gasteiger partial charge on any atom is 0.0170 e. The maximum atomic E-state index is 3.66. The van der Waals surface area contributed by atoms with Gasteiger partial charge in [0, 0.05) is 24.1 Å². The minimum atomic E-state index is 0.527. The zero-order valence-corrected chi connectivity index (χ0v) is 12.6. The lowest BCUT2D eigenvalue weighted by atomic mass is 10.0. The van der Waals surface area contributed by atoms with Gasteiger partial charge in [-0.2, -0.15) is 11.8 Å². The van der Waals surface area contributed by atoms with Crippen LogP contribution in [0.4, 0.5) is 0 Å². The summed E-state index contributed by atoms with van der Waals surface area (Å²) in [5.41, 5.74) is 1.05. The Morgan fingerprint density at radius 2 is 1.94 bits per heavy atom. The van der Waals surface area contributed by atoms with E-state index < -0.39 is 0 Å². The van der Waals surface area contributed by atoms with Crippen LogP contribution in [-0.4, -0.2) is 37.2 Å². The first-order chi connectivity index (χ1) is 7.96. The molecule has 1 saturated heterocycles. The van der Waals surface area contributed by atoms with Crippen LogP contribution in [0.2, 0.25) is 0 Å². The average molecular weight is 256 g/mol. The number of thioether (sulfide) groups is 1. The van der Waals surface area contributed by atoms with Gasteiger partial charge < -0.3 is 10.6 Å². The molecule has 0 aromatic rings. The summed E-state index contributed by atoms with van der Waals surface area (Å²) in [5.74, 6) is 3.43. The van der Waals surface area contributed by atoms with Crippen molar-refractivity contribution in [1.82, 2.24) is 10.6 Å². The Kier molecular flexibility index (Phi) is 4.11. The summed E-state index contributed by atoms with van der Waals surface area (Å²) in [7, 11) is 0. The van der Waals surface area contributed by atoms with Gasteiger partial charge in [-0.15, -0.1) is 0 Å². The second-order valence-electron chi connectivity index (χ2n) is 6.71. The molecule has 2 rings (SSSR count). The van der Waals surface area contributed by atoms with Crippen molar-refractivity contribution >= 4 is 11.8 Å². The van der Waals surface area contributed by atoms with E-state index in [9.17, 15) is 0 Å². The minimum Gasteiger partial charge on any atom is -0.316 e. The average Bonchev–Trinajstić information content (AvgIpc) is 2.67. The van der Waals surface area contributed by atoms with E-state index >= 15 is 0 Å². The maximum absolute atomic E-state index is 3.66. The Morgan fingerprint density at radius 3 is 2.47 bits per heavy atom. The molecule has 1 aliphatic heterocycles. The van der Waals surface area contributed by atoms with Crippen molar-refractivity contribution in [3.63, 3.8) is 0 Å². The molecule has 2 aliphatic rings. The number of nitrogens with one attached hydrogen (secondary N) is 2. The lowest BCUT2D eigenvalue weighted by Gasteiger charge is -2.23. The zero-order valence-electron chi connectivity index (χ0n) is 11.8. The van der Waals surface area contributed by atoms with Gasteiger partial charge in [-0.1, -0.05) is 27.7 Å². The Balaban J connectivity index is 1.58. The van der Waals surface area contributed by atoms with Gasteiger partial charge in [0.1, 0.15) is 0 Å². The second-order valence-corrected chi connectivity index (χ2v) is 7.86. The molecule has 17 heavy (non-hydrogen) atoms. The third kappa shape index (κ3) is 2.82. The van der Waals surface area contributed by atoms with E-state index in [1.807, 2.05) is 0 Å². The van der Waals surface area contributed by atoms with Gasteiger partial charge >= 0.3 is 0 Å². The van der Waals surface area contributed by atoms with Crippen molar-refractivity contribution in [3.05, 3.63) is 0 Å². The quantitative estimate of drug-likeness (QED) is 0.739. The lowest BCUT2D eigenvalue weighted by Crippen LogP contribution is -2.39. The van der Waals surface area contributed by atoms with Crippen LogP contribution in [-0.2, 0) is 0 Å². The molecule has 1 unspecified atom stereocenters. The first-order valence-corrected chi connectivity index (χ1v) is 8.13. The van der Waals surface area contributed by atoms with Gasteiger partial charge in [0.2, 0.25) is 0 Å². The highest BCUT2D eigenvalue weighted by Gasteiger charge is 2.63. The molecular formula is C14H28N2S. The number of hydrogen-bond acceptors (Lipinski definition) is 3. The van der Waals surface area contributed by atoms with Gasteiger partial charge in [0.25, 0.3) is 0 Å². The molecule has 1 heterocycles. The van der Waals surface area contributed by atoms with Crippen molar-refractivity contribution in [3.8, 4) is 0 Å². The Labute approximate surface area is 111 Å². The normalized spacial score (nSPS) is 31.4. The largest absolute Gasteiger partial charge is 0.316 e. The predicted octanol–water partition coefficient (Wildman–Crippen LogP) is 2.35. The van der Waals surface area contributed by atoms with Crippen molar-refractivity contribution in [2.75, 3.05) is 31.1 Å². The van der Waals surface area contributed by atoms with Crippen LogP contribution in [0.15, 0.2) is 0 Å². The molecule has 1 saturated carbocycles. The van der Waals surface area contributed by atoms with Crippen LogP contribution >= 0.6 is 11.8 Å². The van der Waals surface area contributed by atoms with Crippen molar-refractivity contribution in [1.29, 1.82) is 0 Å². The van der Waals surface area contributed by atoms with Crippen LogP contribution < -0.4 is 10.6 Å². The zero-order chi connectivity index (χ0) is 12.5. The molecule has 3 heteroatoms. The van der Waals surface area contributed by atoms with E-state index in [0.717, 1.165) is 12.0 Å². The highest BCUT2D eigenvalue weighted by molar-refractivity contribution is 7.99. The lowest BCUT2D eigenvalue weighted by molar-refractivity contribution is 0.457. The van der Waals surface area contributed by atoms with Crippen molar-refractivity contribution in [2.45, 2.75) is 40.2 Å². The van der Waals surface area contributed by atoms with Gasteiger partial charge in [0.05, 0.1) is 0 Å². The van der Waals surface area contributed by atoms with Gasteiger partial charge in [-0.25, -0.2) is 0 Å². The first kappa shape index (κ1) is 13.7. The van der Waals surface area contributed by atoms with Crippen LogP contribution in [0, 0.1) is 16.7 Å². The fourth-order valence-corrected chi connectivity index (χ4v) is 4.17. The fraction of sp³-hybridized carbons (Fsp3) is 1.00. The van der Waals surface area contributed by atoms with Crippen LogP contribution in [0.25, 0.3) is 0 Å². The van der Waals surface area contributed by atoms with E-state index in [1.54, 1.807) is 0 Å². The summed E-state index contributed by atoms with van der Waals surface area (Å²) in [6.45, 7) is 13.2. The van der Waals surface area contributed by atoms with Crippen LogP contribution in [0.1, 0.15) is 34.1 Å². The minimum absolute atomic E-state index is 0.527. The smallest absolute Gasteiger partial charge is 0.0170 e. The SMILES string of the molecule is CC1(C)C(CNCCC2CSCCN2)C1(C)C. The van der Waals surface area contributed by atoms with Gasteiger partial charge in [0.15, 0.2) is 0 Å². The molecular weight excluding hydrogens is 228 g/mol. The summed E-state index contributed by atoms with van der Waals surface area (Å²) in [6, 6.07) is 0.737. The molecule has 0 bridgehead atoms. The topological polar surface area (TPSA) is 24.1 Å². The van der Waals surface area contributed by atoms with Gasteiger partial charge in [-0.3, -0.25) is 0 Å². The number of hydrogen-bond donors (Lipinski definition) is 2. The molecule has 1 aliphatic carbocycles. The summed E-state index contributed by atoms with van der Waals surface area (Å²) in [5, 5.41) is 7.25. The molecule has 0 amide bonds. The molecule has 2 N–H and O–H groups in total. The van der Waals surface area contributed by atoms with E-state index in [1.165, 1.54) is 37.6 Å². The van der Waals surface area contributed by atoms with Crippen LogP contribution in [0.5, 0.6) is 0 Å². The Morgan fingerprint density at radius 1 is 1.24 bits per heavy atom.